The Morgan fingerprint density at radius 2 is 1.95 bits per heavy atom. The molecule has 8 heteroatoms. The lowest BCUT2D eigenvalue weighted by atomic mass is 10.1. The molecule has 2 rings (SSSR count). The van der Waals surface area contributed by atoms with Crippen molar-refractivity contribution in [1.29, 1.82) is 0 Å². The van der Waals surface area contributed by atoms with E-state index in [1.807, 2.05) is 0 Å². The maximum absolute atomic E-state index is 11.3. The Balaban J connectivity index is 2.00. The predicted octanol–water partition coefficient (Wildman–Crippen LogP) is 0.289. The van der Waals surface area contributed by atoms with Crippen LogP contribution in [0.4, 0.5) is 10.5 Å². The molecule has 20 heavy (non-hydrogen) atoms. The van der Waals surface area contributed by atoms with Gasteiger partial charge in [-0.1, -0.05) is 6.07 Å². The van der Waals surface area contributed by atoms with Crippen molar-refractivity contribution in [2.24, 2.45) is 10.9 Å². The van der Waals surface area contributed by atoms with Crippen molar-refractivity contribution >= 4 is 21.7 Å². The topological polar surface area (TPSA) is 119 Å². The number of anilines is 1. The van der Waals surface area contributed by atoms with Crippen LogP contribution in [0.15, 0.2) is 29.2 Å². The van der Waals surface area contributed by atoms with Crippen molar-refractivity contribution in [3.05, 3.63) is 24.3 Å². The molecule has 1 heterocycles. The van der Waals surface area contributed by atoms with Gasteiger partial charge < -0.3 is 16.0 Å². The second-order valence-corrected chi connectivity index (χ2v) is 6.38. The standard InChI is InChI=1S/C12H18N4O3S/c13-12(17)16-6-4-9(5-7-16)15-10-2-1-3-11(8-10)20(14,18)19/h1-3,8-9,15H,4-7H2,(H2,13,17)(H2,14,18,19). The van der Waals surface area contributed by atoms with E-state index < -0.39 is 16.1 Å². The van der Waals surface area contributed by atoms with Crippen molar-refractivity contribution in [3.8, 4) is 0 Å². The van der Waals surface area contributed by atoms with E-state index in [2.05, 4.69) is 5.32 Å². The number of rotatable bonds is 3. The highest BCUT2D eigenvalue weighted by molar-refractivity contribution is 7.89. The zero-order valence-corrected chi connectivity index (χ0v) is 11.8. The summed E-state index contributed by atoms with van der Waals surface area (Å²) < 4.78 is 22.6. The molecule has 1 saturated heterocycles. The first-order chi connectivity index (χ1) is 9.36. The van der Waals surface area contributed by atoms with Gasteiger partial charge in [-0.3, -0.25) is 0 Å². The molecule has 0 saturated carbocycles. The number of hydrogen-bond donors (Lipinski definition) is 3. The first-order valence-electron chi connectivity index (χ1n) is 6.30. The number of sulfonamides is 1. The quantitative estimate of drug-likeness (QED) is 0.743. The normalized spacial score (nSPS) is 16.9. The summed E-state index contributed by atoms with van der Waals surface area (Å²) in [6.07, 6.45) is 1.53. The first-order valence-corrected chi connectivity index (χ1v) is 7.84. The third-order valence-corrected chi connectivity index (χ3v) is 4.25. The Labute approximate surface area is 118 Å². The predicted molar refractivity (Wildman–Crippen MR) is 75.6 cm³/mol. The van der Waals surface area contributed by atoms with E-state index in [-0.39, 0.29) is 10.9 Å². The fourth-order valence-electron chi connectivity index (χ4n) is 2.24. The number of carbonyl (C=O) groups excluding carboxylic acids is 1. The molecule has 0 spiro atoms. The lowest BCUT2D eigenvalue weighted by Gasteiger charge is -2.31. The molecule has 0 aliphatic carbocycles. The zero-order chi connectivity index (χ0) is 14.8. The van der Waals surface area contributed by atoms with Crippen LogP contribution in [0.2, 0.25) is 0 Å². The van der Waals surface area contributed by atoms with Gasteiger partial charge >= 0.3 is 6.03 Å². The van der Waals surface area contributed by atoms with Crippen LogP contribution in [0.3, 0.4) is 0 Å². The number of carbonyl (C=O) groups is 1. The Morgan fingerprint density at radius 1 is 1.30 bits per heavy atom. The SMILES string of the molecule is NC(=O)N1CCC(Nc2cccc(S(N)(=O)=O)c2)CC1. The van der Waals surface area contributed by atoms with Crippen molar-refractivity contribution < 1.29 is 13.2 Å². The molecular formula is C12H18N4O3S. The van der Waals surface area contributed by atoms with Gasteiger partial charge in [-0.2, -0.15) is 0 Å². The average molecular weight is 298 g/mol. The number of urea groups is 1. The molecule has 2 amide bonds. The van der Waals surface area contributed by atoms with Crippen LogP contribution < -0.4 is 16.2 Å². The number of likely N-dealkylation sites (tertiary alicyclic amines) is 1. The maximum atomic E-state index is 11.3. The van der Waals surface area contributed by atoms with Crippen LogP contribution >= 0.6 is 0 Å². The van der Waals surface area contributed by atoms with E-state index in [4.69, 9.17) is 10.9 Å². The second-order valence-electron chi connectivity index (χ2n) is 4.82. The second kappa shape index (κ2) is 5.68. The van der Waals surface area contributed by atoms with Gasteiger partial charge in [0.15, 0.2) is 0 Å². The van der Waals surface area contributed by atoms with Crippen LogP contribution in [0.1, 0.15) is 12.8 Å². The number of primary sulfonamides is 1. The molecule has 0 radical (unpaired) electrons. The van der Waals surface area contributed by atoms with Gasteiger partial charge in [0.05, 0.1) is 4.90 Å². The number of nitrogens with two attached hydrogens (primary N) is 2. The summed E-state index contributed by atoms with van der Waals surface area (Å²) >= 11 is 0. The Hall–Kier alpha value is -1.80. The Kier molecular flexibility index (Phi) is 4.15. The summed E-state index contributed by atoms with van der Waals surface area (Å²) in [5.41, 5.74) is 5.92. The van der Waals surface area contributed by atoms with Gasteiger partial charge in [-0.05, 0) is 31.0 Å². The van der Waals surface area contributed by atoms with Crippen LogP contribution in [0.25, 0.3) is 0 Å². The largest absolute Gasteiger partial charge is 0.382 e. The van der Waals surface area contributed by atoms with Gasteiger partial charge in [-0.15, -0.1) is 0 Å². The van der Waals surface area contributed by atoms with Crippen LogP contribution in [-0.2, 0) is 10.0 Å². The minimum atomic E-state index is -3.70. The molecule has 0 atom stereocenters. The summed E-state index contributed by atoms with van der Waals surface area (Å²) in [6, 6.07) is 6.17. The molecule has 1 aromatic rings. The van der Waals surface area contributed by atoms with Crippen LogP contribution in [0, 0.1) is 0 Å². The maximum Gasteiger partial charge on any atom is 0.314 e. The van der Waals surface area contributed by atoms with Crippen molar-refractivity contribution in [2.45, 2.75) is 23.8 Å². The molecule has 7 nitrogen and oxygen atoms in total. The molecule has 110 valence electrons. The smallest absolute Gasteiger partial charge is 0.314 e. The number of benzene rings is 1. The first kappa shape index (κ1) is 14.6. The van der Waals surface area contributed by atoms with E-state index in [0.717, 1.165) is 12.8 Å². The van der Waals surface area contributed by atoms with E-state index in [1.165, 1.54) is 12.1 Å². The molecule has 1 aromatic carbocycles. The summed E-state index contributed by atoms with van der Waals surface area (Å²) in [4.78, 5) is 12.7. The summed E-state index contributed by atoms with van der Waals surface area (Å²) in [7, 11) is -3.70. The highest BCUT2D eigenvalue weighted by Crippen LogP contribution is 2.19. The van der Waals surface area contributed by atoms with Crippen molar-refractivity contribution in [3.63, 3.8) is 0 Å². The zero-order valence-electron chi connectivity index (χ0n) is 11.0. The van der Waals surface area contributed by atoms with Gasteiger partial charge in [0.2, 0.25) is 10.0 Å². The molecule has 0 aromatic heterocycles. The van der Waals surface area contributed by atoms with Gasteiger partial charge in [0, 0.05) is 24.8 Å². The van der Waals surface area contributed by atoms with E-state index in [1.54, 1.807) is 17.0 Å². The number of hydrogen-bond acceptors (Lipinski definition) is 4. The molecule has 1 fully saturated rings. The van der Waals surface area contributed by atoms with E-state index >= 15 is 0 Å². The van der Waals surface area contributed by atoms with Crippen molar-refractivity contribution in [2.75, 3.05) is 18.4 Å². The summed E-state index contributed by atoms with van der Waals surface area (Å²) in [6.45, 7) is 1.20. The lowest BCUT2D eigenvalue weighted by Crippen LogP contribution is -2.44. The van der Waals surface area contributed by atoms with Crippen molar-refractivity contribution in [1.82, 2.24) is 4.90 Å². The number of amides is 2. The summed E-state index contributed by atoms with van der Waals surface area (Å²) in [5, 5.41) is 8.35. The minimum absolute atomic E-state index is 0.0806. The monoisotopic (exact) mass is 298 g/mol. The fourth-order valence-corrected chi connectivity index (χ4v) is 2.80. The molecule has 0 bridgehead atoms. The number of primary amides is 1. The van der Waals surface area contributed by atoms with Crippen LogP contribution in [-0.4, -0.2) is 38.5 Å². The third kappa shape index (κ3) is 3.61. The fraction of sp³-hybridized carbons (Fsp3) is 0.417. The summed E-state index contributed by atoms with van der Waals surface area (Å²) in [5.74, 6) is 0. The number of nitrogens with one attached hydrogen (secondary N) is 1. The van der Waals surface area contributed by atoms with E-state index in [9.17, 15) is 13.2 Å². The Bertz CT molecular complexity index is 594. The minimum Gasteiger partial charge on any atom is -0.382 e. The van der Waals surface area contributed by atoms with Gasteiger partial charge in [0.25, 0.3) is 0 Å². The molecule has 1 aliphatic rings. The van der Waals surface area contributed by atoms with Gasteiger partial charge in [-0.25, -0.2) is 18.4 Å². The highest BCUT2D eigenvalue weighted by Gasteiger charge is 2.21. The molecular weight excluding hydrogens is 280 g/mol. The molecule has 5 N–H and O–H groups in total. The highest BCUT2D eigenvalue weighted by atomic mass is 32.2. The third-order valence-electron chi connectivity index (χ3n) is 3.34. The van der Waals surface area contributed by atoms with Gasteiger partial charge in [0.1, 0.15) is 0 Å². The van der Waals surface area contributed by atoms with E-state index in [0.29, 0.717) is 18.8 Å². The van der Waals surface area contributed by atoms with Crippen LogP contribution in [0.5, 0.6) is 0 Å². The molecule has 0 unspecified atom stereocenters. The Morgan fingerprint density at radius 3 is 2.50 bits per heavy atom. The lowest BCUT2D eigenvalue weighted by molar-refractivity contribution is 0.193. The number of piperidine rings is 1. The molecule has 1 aliphatic heterocycles. The number of nitrogens with zero attached hydrogens (tertiary/aromatic N) is 1. The average Bonchev–Trinajstić information content (AvgIpc) is 2.38.